The summed E-state index contributed by atoms with van der Waals surface area (Å²) >= 11 is 6.97. The van der Waals surface area contributed by atoms with E-state index in [9.17, 15) is 18.0 Å². The van der Waals surface area contributed by atoms with E-state index in [4.69, 9.17) is 16.7 Å². The molecule has 3 N–H and O–H groups in total. The molecule has 0 unspecified atom stereocenters. The van der Waals surface area contributed by atoms with E-state index in [0.29, 0.717) is 25.9 Å². The molecule has 28 heavy (non-hydrogen) atoms. The van der Waals surface area contributed by atoms with Crippen LogP contribution >= 0.6 is 22.9 Å². The highest BCUT2D eigenvalue weighted by Crippen LogP contribution is 2.36. The Labute approximate surface area is 172 Å². The van der Waals surface area contributed by atoms with Crippen molar-refractivity contribution in [1.29, 1.82) is 0 Å². The molecule has 1 aromatic carbocycles. The Morgan fingerprint density at radius 2 is 1.82 bits per heavy atom. The Kier molecular flexibility index (Phi) is 6.09. The summed E-state index contributed by atoms with van der Waals surface area (Å²) in [6.45, 7) is 2.31. The first-order chi connectivity index (χ1) is 13.2. The zero-order valence-corrected chi connectivity index (χ0v) is 17.5. The second-order valence-electron chi connectivity index (χ2n) is 6.62. The number of piperidine rings is 1. The molecule has 2 aromatic rings. The van der Waals surface area contributed by atoms with Gasteiger partial charge in [0.25, 0.3) is 5.91 Å². The molecular weight excluding hydrogens is 422 g/mol. The molecule has 1 aliphatic rings. The number of rotatable bonds is 4. The van der Waals surface area contributed by atoms with Crippen LogP contribution in [0, 0.1) is 12.8 Å². The van der Waals surface area contributed by atoms with E-state index in [1.807, 2.05) is 30.3 Å². The van der Waals surface area contributed by atoms with Crippen molar-refractivity contribution in [1.82, 2.24) is 4.90 Å². The third-order valence-electron chi connectivity index (χ3n) is 4.68. The zero-order valence-electron chi connectivity index (χ0n) is 15.1. The van der Waals surface area contributed by atoms with Crippen LogP contribution in [-0.2, 0) is 14.8 Å². The van der Waals surface area contributed by atoms with Crippen molar-refractivity contribution in [2.75, 3.05) is 18.4 Å². The molecule has 7 nitrogen and oxygen atoms in total. The average Bonchev–Trinajstić information content (AvgIpc) is 2.97. The summed E-state index contributed by atoms with van der Waals surface area (Å²) < 4.78 is 23.2. The van der Waals surface area contributed by atoms with E-state index in [1.165, 1.54) is 6.92 Å². The molecule has 0 atom stereocenters. The highest BCUT2D eigenvalue weighted by molar-refractivity contribution is 7.91. The minimum Gasteiger partial charge on any atom is -0.338 e. The molecule has 1 aliphatic heterocycles. The van der Waals surface area contributed by atoms with Gasteiger partial charge in [0.1, 0.15) is 9.09 Å². The van der Waals surface area contributed by atoms with Gasteiger partial charge < -0.3 is 10.2 Å². The van der Waals surface area contributed by atoms with E-state index in [-0.39, 0.29) is 37.4 Å². The van der Waals surface area contributed by atoms with Crippen LogP contribution in [0.2, 0.25) is 5.02 Å². The number of carbonyl (C=O) groups excluding carboxylic acids is 2. The molecule has 0 spiro atoms. The van der Waals surface area contributed by atoms with Crippen molar-refractivity contribution in [2.24, 2.45) is 11.1 Å². The third-order valence-corrected chi connectivity index (χ3v) is 8.11. The fraction of sp³-hybridized carbons (Fsp3) is 0.333. The van der Waals surface area contributed by atoms with Crippen LogP contribution in [0.15, 0.2) is 34.5 Å². The summed E-state index contributed by atoms with van der Waals surface area (Å²) in [5, 5.41) is 8.18. The SMILES string of the molecule is Cc1c(S(N)(=O)=O)sc(C(=O)N2CCC(C(=O)Nc3ccccc3)CC2)c1Cl. The van der Waals surface area contributed by atoms with Crippen molar-refractivity contribution >= 4 is 50.5 Å². The lowest BCUT2D eigenvalue weighted by Gasteiger charge is -2.31. The van der Waals surface area contributed by atoms with Crippen molar-refractivity contribution in [3.05, 3.63) is 45.8 Å². The maximum atomic E-state index is 12.8. The molecule has 1 aromatic heterocycles. The third kappa shape index (κ3) is 4.38. The summed E-state index contributed by atoms with van der Waals surface area (Å²) in [5.74, 6) is -0.598. The normalized spacial score (nSPS) is 15.5. The van der Waals surface area contributed by atoms with Crippen LogP contribution in [0.25, 0.3) is 0 Å². The number of hydrogen-bond donors (Lipinski definition) is 2. The smallest absolute Gasteiger partial charge is 0.265 e. The average molecular weight is 442 g/mol. The first-order valence-electron chi connectivity index (χ1n) is 8.65. The van der Waals surface area contributed by atoms with E-state index in [1.54, 1.807) is 4.90 Å². The van der Waals surface area contributed by atoms with E-state index < -0.39 is 10.0 Å². The van der Waals surface area contributed by atoms with Crippen molar-refractivity contribution in [3.63, 3.8) is 0 Å². The quantitative estimate of drug-likeness (QED) is 0.760. The van der Waals surface area contributed by atoms with Crippen molar-refractivity contribution < 1.29 is 18.0 Å². The van der Waals surface area contributed by atoms with Crippen LogP contribution in [0.4, 0.5) is 5.69 Å². The topological polar surface area (TPSA) is 110 Å². The number of primary sulfonamides is 1. The first-order valence-corrected chi connectivity index (χ1v) is 11.4. The number of benzene rings is 1. The van der Waals surface area contributed by atoms with Crippen LogP contribution in [0.5, 0.6) is 0 Å². The van der Waals surface area contributed by atoms with Crippen LogP contribution < -0.4 is 10.5 Å². The Hall–Kier alpha value is -1.94. The minimum absolute atomic E-state index is 0.0696. The van der Waals surface area contributed by atoms with Gasteiger partial charge in [0, 0.05) is 24.7 Å². The van der Waals surface area contributed by atoms with Crippen LogP contribution in [-0.4, -0.2) is 38.2 Å². The van der Waals surface area contributed by atoms with Gasteiger partial charge in [0.15, 0.2) is 0 Å². The van der Waals surface area contributed by atoms with Gasteiger partial charge in [0.05, 0.1) is 5.02 Å². The van der Waals surface area contributed by atoms with Crippen LogP contribution in [0.3, 0.4) is 0 Å². The first kappa shape index (κ1) is 20.8. The Morgan fingerprint density at radius 1 is 1.21 bits per heavy atom. The predicted molar refractivity (Wildman–Crippen MR) is 109 cm³/mol. The van der Waals surface area contributed by atoms with Gasteiger partial charge in [-0.1, -0.05) is 29.8 Å². The highest BCUT2D eigenvalue weighted by Gasteiger charge is 2.31. The molecule has 0 radical (unpaired) electrons. The number of halogens is 1. The molecular formula is C18H20ClN3O4S2. The number of nitrogens with zero attached hydrogens (tertiary/aromatic N) is 1. The number of anilines is 1. The standard InChI is InChI=1S/C18H20ClN3O4S2/c1-11-14(19)15(27-18(11)28(20,25)26)17(24)22-9-7-12(8-10-22)16(23)21-13-5-3-2-4-6-13/h2-6,12H,7-10H2,1H3,(H,21,23)(H2,20,25,26). The maximum absolute atomic E-state index is 12.8. The summed E-state index contributed by atoms with van der Waals surface area (Å²) in [7, 11) is -3.94. The number of amides is 2. The molecule has 1 saturated heterocycles. The van der Waals surface area contributed by atoms with E-state index in [2.05, 4.69) is 5.32 Å². The molecule has 1 fully saturated rings. The second-order valence-corrected chi connectivity index (χ2v) is 9.78. The fourth-order valence-corrected chi connectivity index (χ4v) is 5.68. The van der Waals surface area contributed by atoms with Gasteiger partial charge in [-0.15, -0.1) is 11.3 Å². The van der Waals surface area contributed by atoms with E-state index in [0.717, 1.165) is 17.0 Å². The van der Waals surface area contributed by atoms with Crippen molar-refractivity contribution in [3.8, 4) is 0 Å². The number of likely N-dealkylation sites (tertiary alicyclic amines) is 1. The predicted octanol–water partition coefficient (Wildman–Crippen LogP) is 2.85. The van der Waals surface area contributed by atoms with Gasteiger partial charge in [-0.2, -0.15) is 0 Å². The molecule has 0 bridgehead atoms. The molecule has 3 rings (SSSR count). The van der Waals surface area contributed by atoms with Crippen molar-refractivity contribution in [2.45, 2.75) is 24.0 Å². The van der Waals surface area contributed by atoms with Gasteiger partial charge in [-0.25, -0.2) is 13.6 Å². The highest BCUT2D eigenvalue weighted by atomic mass is 35.5. The monoisotopic (exact) mass is 441 g/mol. The Balaban J connectivity index is 1.65. The Bertz CT molecular complexity index is 997. The number of sulfonamides is 1. The van der Waals surface area contributed by atoms with Gasteiger partial charge in [-0.3, -0.25) is 9.59 Å². The number of carbonyl (C=O) groups is 2. The largest absolute Gasteiger partial charge is 0.338 e. The van der Waals surface area contributed by atoms with E-state index >= 15 is 0 Å². The van der Waals surface area contributed by atoms with Gasteiger partial charge in [0.2, 0.25) is 15.9 Å². The number of nitrogens with one attached hydrogen (secondary N) is 1. The molecule has 2 heterocycles. The lowest BCUT2D eigenvalue weighted by molar-refractivity contribution is -0.121. The lowest BCUT2D eigenvalue weighted by Crippen LogP contribution is -2.41. The molecule has 0 aliphatic carbocycles. The summed E-state index contributed by atoms with van der Waals surface area (Å²) in [6, 6.07) is 9.21. The lowest BCUT2D eigenvalue weighted by atomic mass is 9.95. The molecule has 10 heteroatoms. The second kappa shape index (κ2) is 8.20. The summed E-state index contributed by atoms with van der Waals surface area (Å²) in [5.41, 5.74) is 1.03. The summed E-state index contributed by atoms with van der Waals surface area (Å²) in [6.07, 6.45) is 1.04. The fourth-order valence-electron chi connectivity index (χ4n) is 3.14. The number of para-hydroxylation sites is 1. The number of hydrogen-bond acceptors (Lipinski definition) is 5. The maximum Gasteiger partial charge on any atom is 0.265 e. The molecule has 2 amide bonds. The minimum atomic E-state index is -3.94. The molecule has 0 saturated carbocycles. The number of thiophene rings is 1. The van der Waals surface area contributed by atoms with Gasteiger partial charge >= 0.3 is 0 Å². The molecule has 150 valence electrons. The Morgan fingerprint density at radius 3 is 2.36 bits per heavy atom. The van der Waals surface area contributed by atoms with Crippen LogP contribution in [0.1, 0.15) is 28.1 Å². The summed E-state index contributed by atoms with van der Waals surface area (Å²) in [4.78, 5) is 27.0. The van der Waals surface area contributed by atoms with Gasteiger partial charge in [-0.05, 0) is 37.5 Å². The number of nitrogens with two attached hydrogens (primary N) is 1. The zero-order chi connectivity index (χ0) is 20.5.